The molecule has 2 aliphatic heterocycles. The van der Waals surface area contributed by atoms with Crippen LogP contribution in [0.1, 0.15) is 11.1 Å². The quantitative estimate of drug-likeness (QED) is 0.335. The highest BCUT2D eigenvalue weighted by Crippen LogP contribution is 2.41. The molecular weight excluding hydrogens is 388 g/mol. The van der Waals surface area contributed by atoms with Crippen molar-refractivity contribution in [3.8, 4) is 11.5 Å². The van der Waals surface area contributed by atoms with E-state index >= 15 is 0 Å². The molecule has 0 spiro atoms. The van der Waals surface area contributed by atoms with Crippen LogP contribution in [-0.4, -0.2) is 26.8 Å². The van der Waals surface area contributed by atoms with E-state index in [-0.39, 0.29) is 24.0 Å². The molecule has 0 atom stereocenters. The van der Waals surface area contributed by atoms with Crippen LogP contribution in [0.15, 0.2) is 47.4 Å². The third-order valence-electron chi connectivity index (χ3n) is 4.06. The fourth-order valence-electron chi connectivity index (χ4n) is 2.76. The lowest BCUT2D eigenvalue weighted by Gasteiger charge is -2.14. The van der Waals surface area contributed by atoms with Crippen LogP contribution in [0.4, 0.5) is 5.69 Å². The Hall–Kier alpha value is -2.91. The molecule has 0 aromatic heterocycles. The zero-order valence-electron chi connectivity index (χ0n) is 13.8. The van der Waals surface area contributed by atoms with E-state index in [0.29, 0.717) is 27.3 Å². The Morgan fingerprint density at radius 3 is 2.63 bits per heavy atom. The van der Waals surface area contributed by atoms with Gasteiger partial charge in [0.25, 0.3) is 11.6 Å². The van der Waals surface area contributed by atoms with Gasteiger partial charge in [-0.05, 0) is 17.7 Å². The summed E-state index contributed by atoms with van der Waals surface area (Å²) in [7, 11) is 0. The van der Waals surface area contributed by atoms with E-state index in [4.69, 9.17) is 21.7 Å². The maximum atomic E-state index is 12.8. The minimum Gasteiger partial charge on any atom is -0.454 e. The predicted octanol–water partition coefficient (Wildman–Crippen LogP) is 3.72. The van der Waals surface area contributed by atoms with Crippen LogP contribution < -0.4 is 9.47 Å². The summed E-state index contributed by atoms with van der Waals surface area (Å²) in [4.78, 5) is 25.5. The summed E-state index contributed by atoms with van der Waals surface area (Å²) in [6.07, 6.45) is 1.48. The number of nitro benzene ring substituents is 1. The smallest absolute Gasteiger partial charge is 0.280 e. The van der Waals surface area contributed by atoms with Gasteiger partial charge < -0.3 is 9.47 Å². The van der Waals surface area contributed by atoms with Crippen molar-refractivity contribution < 1.29 is 19.2 Å². The van der Waals surface area contributed by atoms with E-state index in [0.717, 1.165) is 17.3 Å². The molecule has 0 saturated carbocycles. The number of benzene rings is 2. The number of nitro groups is 1. The monoisotopic (exact) mass is 400 g/mol. The lowest BCUT2D eigenvalue weighted by molar-refractivity contribution is -0.385. The van der Waals surface area contributed by atoms with Crippen molar-refractivity contribution in [1.82, 2.24) is 4.90 Å². The van der Waals surface area contributed by atoms with Crippen molar-refractivity contribution in [2.45, 2.75) is 6.54 Å². The summed E-state index contributed by atoms with van der Waals surface area (Å²) in [5.41, 5.74) is 1.06. The van der Waals surface area contributed by atoms with Gasteiger partial charge in [0.1, 0.15) is 4.32 Å². The second kappa shape index (κ2) is 7.01. The molecule has 136 valence electrons. The van der Waals surface area contributed by atoms with Crippen molar-refractivity contribution in [2.75, 3.05) is 6.79 Å². The maximum Gasteiger partial charge on any atom is 0.280 e. The first-order valence-electron chi connectivity index (χ1n) is 7.90. The number of carbonyl (C=O) groups excluding carboxylic acids is 1. The Morgan fingerprint density at radius 2 is 1.93 bits per heavy atom. The van der Waals surface area contributed by atoms with Crippen LogP contribution in [0.3, 0.4) is 0 Å². The van der Waals surface area contributed by atoms with E-state index in [2.05, 4.69) is 0 Å². The molecule has 2 aromatic rings. The number of hydrogen-bond donors (Lipinski definition) is 0. The van der Waals surface area contributed by atoms with Crippen LogP contribution in [0, 0.1) is 10.1 Å². The van der Waals surface area contributed by atoms with Crippen molar-refractivity contribution in [3.05, 3.63) is 68.6 Å². The predicted molar refractivity (Wildman–Crippen MR) is 104 cm³/mol. The van der Waals surface area contributed by atoms with Crippen molar-refractivity contribution in [1.29, 1.82) is 0 Å². The number of fused-ring (bicyclic) bond motifs is 1. The van der Waals surface area contributed by atoms with E-state index in [1.807, 2.05) is 30.3 Å². The minimum absolute atomic E-state index is 0.00906. The first kappa shape index (κ1) is 17.5. The number of rotatable bonds is 4. The molecule has 2 heterocycles. The number of thioether (sulfide) groups is 1. The summed E-state index contributed by atoms with van der Waals surface area (Å²) < 4.78 is 10.9. The second-order valence-corrected chi connectivity index (χ2v) is 7.45. The molecule has 27 heavy (non-hydrogen) atoms. The van der Waals surface area contributed by atoms with E-state index in [9.17, 15) is 14.9 Å². The molecule has 0 radical (unpaired) electrons. The third kappa shape index (κ3) is 3.38. The molecule has 0 unspecified atom stereocenters. The van der Waals surface area contributed by atoms with Crippen LogP contribution in [0.2, 0.25) is 0 Å². The van der Waals surface area contributed by atoms with Gasteiger partial charge >= 0.3 is 0 Å². The van der Waals surface area contributed by atoms with Gasteiger partial charge in [0.15, 0.2) is 11.5 Å². The highest BCUT2D eigenvalue weighted by Gasteiger charge is 2.33. The lowest BCUT2D eigenvalue weighted by atomic mass is 10.1. The molecule has 0 aliphatic carbocycles. The highest BCUT2D eigenvalue weighted by molar-refractivity contribution is 8.26. The summed E-state index contributed by atoms with van der Waals surface area (Å²) in [5, 5.41) is 11.4. The first-order chi connectivity index (χ1) is 13.0. The van der Waals surface area contributed by atoms with E-state index < -0.39 is 4.92 Å². The van der Waals surface area contributed by atoms with Crippen LogP contribution >= 0.6 is 24.0 Å². The van der Waals surface area contributed by atoms with Gasteiger partial charge in [-0.2, -0.15) is 0 Å². The zero-order chi connectivity index (χ0) is 19.0. The molecule has 1 fully saturated rings. The molecule has 0 N–H and O–H groups in total. The summed E-state index contributed by atoms with van der Waals surface area (Å²) in [5.74, 6) is 0.447. The number of amides is 1. The Balaban J connectivity index is 1.66. The number of nitrogens with zero attached hydrogens (tertiary/aromatic N) is 2. The third-order valence-corrected chi connectivity index (χ3v) is 5.44. The molecule has 7 nitrogen and oxygen atoms in total. The van der Waals surface area contributed by atoms with Crippen LogP contribution in [0.25, 0.3) is 6.08 Å². The topological polar surface area (TPSA) is 81.9 Å². The van der Waals surface area contributed by atoms with Crippen LogP contribution in [-0.2, 0) is 11.3 Å². The zero-order valence-corrected chi connectivity index (χ0v) is 15.4. The van der Waals surface area contributed by atoms with Gasteiger partial charge in [-0.1, -0.05) is 54.3 Å². The summed E-state index contributed by atoms with van der Waals surface area (Å²) in [6.45, 7) is 0.362. The van der Waals surface area contributed by atoms with Crippen molar-refractivity contribution in [2.24, 2.45) is 0 Å². The number of hydrogen-bond acceptors (Lipinski definition) is 7. The Labute approximate surface area is 163 Å². The van der Waals surface area contributed by atoms with E-state index in [1.54, 1.807) is 0 Å². The standard InChI is InChI=1S/C18H12N2O5S2/c21-17-16(27-18(26)19(17)9-11-4-2-1-3-5-11)7-12-6-14-15(25-10-24-14)8-13(12)20(22)23/h1-8H,9-10H2. The van der Waals surface area contributed by atoms with Gasteiger partial charge in [0.2, 0.25) is 6.79 Å². The SMILES string of the molecule is O=C1C(=Cc2cc3c(cc2[N+](=O)[O-])OCO3)SC(=S)N1Cc1ccccc1. The molecule has 9 heteroatoms. The van der Waals surface area contributed by atoms with Gasteiger partial charge in [0, 0.05) is 0 Å². The van der Waals surface area contributed by atoms with Crippen LogP contribution in [0.5, 0.6) is 11.5 Å². The van der Waals surface area contributed by atoms with Gasteiger partial charge in [-0.3, -0.25) is 19.8 Å². The molecule has 0 bridgehead atoms. The average molecular weight is 400 g/mol. The van der Waals surface area contributed by atoms with Crippen molar-refractivity contribution >= 4 is 46.0 Å². The van der Waals surface area contributed by atoms with Gasteiger partial charge in [-0.25, -0.2) is 0 Å². The van der Waals surface area contributed by atoms with Gasteiger partial charge in [-0.15, -0.1) is 0 Å². The maximum absolute atomic E-state index is 12.8. The van der Waals surface area contributed by atoms with E-state index in [1.165, 1.54) is 23.1 Å². The second-order valence-electron chi connectivity index (χ2n) is 5.77. The highest BCUT2D eigenvalue weighted by atomic mass is 32.2. The van der Waals surface area contributed by atoms with Crippen molar-refractivity contribution in [3.63, 3.8) is 0 Å². The fourth-order valence-corrected chi connectivity index (χ4v) is 4.01. The fraction of sp³-hybridized carbons (Fsp3) is 0.111. The minimum atomic E-state index is -0.515. The number of thiocarbonyl (C=S) groups is 1. The summed E-state index contributed by atoms with van der Waals surface area (Å²) >= 11 is 6.45. The summed E-state index contributed by atoms with van der Waals surface area (Å²) in [6, 6.07) is 12.3. The molecule has 2 aliphatic rings. The molecule has 4 rings (SSSR count). The molecule has 1 amide bonds. The number of carbonyl (C=O) groups is 1. The Bertz CT molecular complexity index is 991. The molecular formula is C18H12N2O5S2. The first-order valence-corrected chi connectivity index (χ1v) is 9.13. The Kier molecular flexibility index (Phi) is 4.54. The van der Waals surface area contributed by atoms with Gasteiger partial charge in [0.05, 0.1) is 28.0 Å². The largest absolute Gasteiger partial charge is 0.454 e. The number of ether oxygens (including phenoxy) is 2. The molecule has 2 aromatic carbocycles. The normalized spacial score (nSPS) is 17.0. The average Bonchev–Trinajstić information content (AvgIpc) is 3.21. The molecule has 1 saturated heterocycles. The Morgan fingerprint density at radius 1 is 1.22 bits per heavy atom. The lowest BCUT2D eigenvalue weighted by Crippen LogP contribution is -2.27.